The molecule has 1 N–H and O–H groups in total. The van der Waals surface area contributed by atoms with Crippen LogP contribution in [-0.2, 0) is 20.7 Å². The summed E-state index contributed by atoms with van der Waals surface area (Å²) in [6.07, 6.45) is 0.924. The molecule has 0 bridgehead atoms. The lowest BCUT2D eigenvalue weighted by molar-refractivity contribution is -0.142. The lowest BCUT2D eigenvalue weighted by Gasteiger charge is -2.04. The molecular weight excluding hydrogens is 236 g/mol. The van der Waals surface area contributed by atoms with Crippen LogP contribution in [0.15, 0.2) is 4.52 Å². The van der Waals surface area contributed by atoms with Crippen LogP contribution in [0.5, 0.6) is 0 Å². The van der Waals surface area contributed by atoms with E-state index in [0.717, 1.165) is 17.0 Å². The molecule has 6 heteroatoms. The van der Waals surface area contributed by atoms with Gasteiger partial charge in [0.1, 0.15) is 5.76 Å². The molecule has 1 aromatic heterocycles. The highest BCUT2D eigenvalue weighted by Gasteiger charge is 2.10. The van der Waals surface area contributed by atoms with Gasteiger partial charge in [0.2, 0.25) is 5.91 Å². The third kappa shape index (κ3) is 4.20. The summed E-state index contributed by atoms with van der Waals surface area (Å²) < 4.78 is 9.48. The van der Waals surface area contributed by atoms with E-state index < -0.39 is 0 Å². The number of hydrogen-bond acceptors (Lipinski definition) is 5. The van der Waals surface area contributed by atoms with E-state index in [9.17, 15) is 9.59 Å². The Bertz CT molecular complexity index is 406. The minimum absolute atomic E-state index is 0.105. The maximum Gasteiger partial charge on any atom is 0.306 e. The Morgan fingerprint density at radius 1 is 1.33 bits per heavy atom. The summed E-state index contributed by atoms with van der Waals surface area (Å²) in [5.41, 5.74) is 1.86. The Morgan fingerprint density at radius 3 is 2.61 bits per heavy atom. The highest BCUT2D eigenvalue weighted by Crippen LogP contribution is 2.11. The third-order valence-electron chi connectivity index (χ3n) is 2.66. The molecule has 0 aliphatic carbocycles. The monoisotopic (exact) mass is 254 g/mol. The van der Waals surface area contributed by atoms with Gasteiger partial charge in [0, 0.05) is 18.5 Å². The van der Waals surface area contributed by atoms with Crippen LogP contribution in [0, 0.1) is 13.8 Å². The Labute approximate surface area is 106 Å². The maximum absolute atomic E-state index is 11.4. The fourth-order valence-electron chi connectivity index (χ4n) is 1.59. The molecule has 1 heterocycles. The lowest BCUT2D eigenvalue weighted by Crippen LogP contribution is -2.26. The largest absolute Gasteiger partial charge is 0.469 e. The predicted octanol–water partition coefficient (Wildman–Crippen LogP) is 0.903. The second-order valence-electron chi connectivity index (χ2n) is 3.98. The molecule has 1 aromatic rings. The predicted molar refractivity (Wildman–Crippen MR) is 63.9 cm³/mol. The van der Waals surface area contributed by atoms with Gasteiger partial charge in [-0.2, -0.15) is 0 Å². The number of esters is 1. The molecule has 0 radical (unpaired) electrons. The number of aromatic nitrogens is 1. The first kappa shape index (κ1) is 14.2. The fourth-order valence-corrected chi connectivity index (χ4v) is 1.59. The van der Waals surface area contributed by atoms with E-state index in [2.05, 4.69) is 15.2 Å². The van der Waals surface area contributed by atoms with Gasteiger partial charge in [-0.3, -0.25) is 9.59 Å². The molecule has 0 unspecified atom stereocenters. The van der Waals surface area contributed by atoms with Crippen LogP contribution in [-0.4, -0.2) is 30.7 Å². The number of carbonyl (C=O) groups is 2. The van der Waals surface area contributed by atoms with Crippen molar-refractivity contribution < 1.29 is 18.8 Å². The Morgan fingerprint density at radius 2 is 2.06 bits per heavy atom. The number of ether oxygens (including phenoxy) is 1. The van der Waals surface area contributed by atoms with Gasteiger partial charge < -0.3 is 14.6 Å². The molecule has 1 amide bonds. The molecule has 100 valence electrons. The van der Waals surface area contributed by atoms with E-state index in [1.807, 2.05) is 13.8 Å². The first-order valence-corrected chi connectivity index (χ1v) is 5.80. The molecule has 0 spiro atoms. The van der Waals surface area contributed by atoms with Crippen LogP contribution in [0.2, 0.25) is 0 Å². The van der Waals surface area contributed by atoms with Crippen molar-refractivity contribution in [3.63, 3.8) is 0 Å². The van der Waals surface area contributed by atoms with Crippen LogP contribution in [0.25, 0.3) is 0 Å². The van der Waals surface area contributed by atoms with Gasteiger partial charge in [0.05, 0.1) is 19.2 Å². The van der Waals surface area contributed by atoms with Crippen molar-refractivity contribution in [3.8, 4) is 0 Å². The average molecular weight is 254 g/mol. The van der Waals surface area contributed by atoms with Crippen molar-refractivity contribution in [3.05, 3.63) is 17.0 Å². The van der Waals surface area contributed by atoms with Crippen LogP contribution in [0.4, 0.5) is 0 Å². The Kier molecular flexibility index (Phi) is 5.35. The van der Waals surface area contributed by atoms with Crippen molar-refractivity contribution in [1.29, 1.82) is 0 Å². The van der Waals surface area contributed by atoms with Crippen molar-refractivity contribution in [2.24, 2.45) is 0 Å². The van der Waals surface area contributed by atoms with Crippen LogP contribution >= 0.6 is 0 Å². The van der Waals surface area contributed by atoms with E-state index in [4.69, 9.17) is 4.52 Å². The molecule has 0 saturated carbocycles. The van der Waals surface area contributed by atoms with Gasteiger partial charge in [-0.05, 0) is 20.3 Å². The number of nitrogens with one attached hydrogen (secondary N) is 1. The van der Waals surface area contributed by atoms with Crippen molar-refractivity contribution >= 4 is 11.9 Å². The molecule has 0 aliphatic rings. The average Bonchev–Trinajstić information content (AvgIpc) is 2.67. The van der Waals surface area contributed by atoms with E-state index in [1.54, 1.807) is 0 Å². The molecule has 0 aromatic carbocycles. The Balaban J connectivity index is 2.26. The van der Waals surface area contributed by atoms with Crippen LogP contribution < -0.4 is 5.32 Å². The second-order valence-corrected chi connectivity index (χ2v) is 3.98. The third-order valence-corrected chi connectivity index (χ3v) is 2.66. The van der Waals surface area contributed by atoms with E-state index >= 15 is 0 Å². The number of aryl methyl sites for hydroxylation is 2. The van der Waals surface area contributed by atoms with Gasteiger partial charge in [-0.25, -0.2) is 0 Å². The van der Waals surface area contributed by atoms with Gasteiger partial charge in [0.15, 0.2) is 0 Å². The SMILES string of the molecule is COC(=O)CCC(=O)NCCc1c(C)noc1C. The lowest BCUT2D eigenvalue weighted by atomic mass is 10.1. The normalized spacial score (nSPS) is 10.2. The number of carbonyl (C=O) groups excluding carboxylic acids is 2. The Hall–Kier alpha value is -1.85. The van der Waals surface area contributed by atoms with Crippen molar-refractivity contribution in [1.82, 2.24) is 10.5 Å². The van der Waals surface area contributed by atoms with E-state index in [0.29, 0.717) is 13.0 Å². The van der Waals surface area contributed by atoms with Gasteiger partial charge in [-0.15, -0.1) is 0 Å². The van der Waals surface area contributed by atoms with Gasteiger partial charge in [-0.1, -0.05) is 5.16 Å². The van der Waals surface area contributed by atoms with Crippen LogP contribution in [0.1, 0.15) is 29.9 Å². The fraction of sp³-hybridized carbons (Fsp3) is 0.583. The standard InChI is InChI=1S/C12H18N2O4/c1-8-10(9(2)18-14-8)6-7-13-11(15)4-5-12(16)17-3/h4-7H2,1-3H3,(H,13,15). The molecule has 0 fully saturated rings. The topological polar surface area (TPSA) is 81.4 Å². The minimum atomic E-state index is -0.379. The summed E-state index contributed by atoms with van der Waals surface area (Å²) >= 11 is 0. The maximum atomic E-state index is 11.4. The summed E-state index contributed by atoms with van der Waals surface area (Å²) in [7, 11) is 1.30. The smallest absolute Gasteiger partial charge is 0.306 e. The molecule has 6 nitrogen and oxygen atoms in total. The molecule has 0 atom stereocenters. The summed E-state index contributed by atoms with van der Waals surface area (Å²) in [6.45, 7) is 4.21. The summed E-state index contributed by atoms with van der Waals surface area (Å²) in [5.74, 6) is 0.236. The zero-order chi connectivity index (χ0) is 13.5. The number of nitrogens with zero attached hydrogens (tertiary/aromatic N) is 1. The number of hydrogen-bond donors (Lipinski definition) is 1. The van der Waals surface area contributed by atoms with Crippen molar-refractivity contribution in [2.45, 2.75) is 33.1 Å². The van der Waals surface area contributed by atoms with Crippen molar-refractivity contribution in [2.75, 3.05) is 13.7 Å². The molecule has 1 rings (SSSR count). The second kappa shape index (κ2) is 6.78. The number of rotatable bonds is 6. The van der Waals surface area contributed by atoms with Gasteiger partial charge in [0.25, 0.3) is 0 Å². The van der Waals surface area contributed by atoms with Gasteiger partial charge >= 0.3 is 5.97 Å². The zero-order valence-electron chi connectivity index (χ0n) is 10.9. The van der Waals surface area contributed by atoms with E-state index in [-0.39, 0.29) is 24.7 Å². The van der Waals surface area contributed by atoms with Crippen LogP contribution in [0.3, 0.4) is 0 Å². The highest BCUT2D eigenvalue weighted by molar-refractivity contribution is 5.81. The highest BCUT2D eigenvalue weighted by atomic mass is 16.5. The first-order chi connectivity index (χ1) is 8.54. The summed E-state index contributed by atoms with van der Waals surface area (Å²) in [4.78, 5) is 22.2. The first-order valence-electron chi connectivity index (χ1n) is 5.80. The molecular formula is C12H18N2O4. The number of amides is 1. The summed E-state index contributed by atoms with van der Waals surface area (Å²) in [6, 6.07) is 0. The molecule has 0 aliphatic heterocycles. The quantitative estimate of drug-likeness (QED) is 0.763. The molecule has 0 saturated heterocycles. The van der Waals surface area contributed by atoms with E-state index in [1.165, 1.54) is 7.11 Å². The number of methoxy groups -OCH3 is 1. The summed E-state index contributed by atoms with van der Waals surface area (Å²) in [5, 5.41) is 6.57. The zero-order valence-corrected chi connectivity index (χ0v) is 10.9. The molecule has 18 heavy (non-hydrogen) atoms. The minimum Gasteiger partial charge on any atom is -0.469 e.